The molecule has 1 fully saturated rings. The van der Waals surface area contributed by atoms with Crippen molar-refractivity contribution in [1.82, 2.24) is 4.90 Å². The van der Waals surface area contributed by atoms with Crippen LogP contribution in [-0.4, -0.2) is 37.5 Å². The molecule has 1 saturated heterocycles. The van der Waals surface area contributed by atoms with Gasteiger partial charge in [-0.15, -0.1) is 0 Å². The van der Waals surface area contributed by atoms with E-state index in [-0.39, 0.29) is 17.8 Å². The maximum Gasteiger partial charge on any atom is 0.305 e. The normalized spacial score (nSPS) is 23.0. The van der Waals surface area contributed by atoms with Gasteiger partial charge in [-0.25, -0.2) is 0 Å². The van der Waals surface area contributed by atoms with Gasteiger partial charge >= 0.3 is 5.97 Å². The van der Waals surface area contributed by atoms with Gasteiger partial charge in [-0.2, -0.15) is 0 Å². The van der Waals surface area contributed by atoms with Gasteiger partial charge in [-0.3, -0.25) is 9.59 Å². The summed E-state index contributed by atoms with van der Waals surface area (Å²) < 4.78 is 4.51. The van der Waals surface area contributed by atoms with Crippen LogP contribution in [0.25, 0.3) is 0 Å². The van der Waals surface area contributed by atoms with Crippen LogP contribution in [0, 0.1) is 5.92 Å². The summed E-state index contributed by atoms with van der Waals surface area (Å²) in [5.41, 5.74) is 0. The summed E-state index contributed by atoms with van der Waals surface area (Å²) in [7, 11) is 3.11. The molecule has 0 aromatic carbocycles. The highest BCUT2D eigenvalue weighted by atomic mass is 16.5. The molecule has 0 aliphatic carbocycles. The van der Waals surface area contributed by atoms with Crippen molar-refractivity contribution < 1.29 is 14.3 Å². The molecule has 1 atom stereocenters. The number of methoxy groups -OCH3 is 1. The number of nitrogens with zero attached hydrogens (tertiary/aromatic N) is 1. The molecule has 1 aliphatic rings. The molecule has 0 saturated carbocycles. The summed E-state index contributed by atoms with van der Waals surface area (Å²) in [6.45, 7) is 0.675. The van der Waals surface area contributed by atoms with E-state index in [4.69, 9.17) is 0 Å². The minimum absolute atomic E-state index is 0.115. The van der Waals surface area contributed by atoms with Crippen molar-refractivity contribution in [3.63, 3.8) is 0 Å². The van der Waals surface area contributed by atoms with Crippen LogP contribution in [-0.2, 0) is 14.3 Å². The molecule has 1 rings (SSSR count). The van der Waals surface area contributed by atoms with Gasteiger partial charge in [0, 0.05) is 20.0 Å². The minimum atomic E-state index is -0.233. The molecule has 68 valence electrons. The Morgan fingerprint density at radius 1 is 1.75 bits per heavy atom. The zero-order chi connectivity index (χ0) is 9.14. The summed E-state index contributed by atoms with van der Waals surface area (Å²) >= 11 is 0. The second-order valence-corrected chi connectivity index (χ2v) is 3.12. The SMILES string of the molecule is COC(=O)C[C@H]1CC(=O)N(C)C1. The largest absolute Gasteiger partial charge is 0.469 e. The molecule has 12 heavy (non-hydrogen) atoms. The Hall–Kier alpha value is -1.06. The zero-order valence-corrected chi connectivity index (χ0v) is 7.37. The minimum Gasteiger partial charge on any atom is -0.469 e. The molecular weight excluding hydrogens is 158 g/mol. The summed E-state index contributed by atoms with van der Waals surface area (Å²) in [6, 6.07) is 0. The van der Waals surface area contributed by atoms with Gasteiger partial charge in [-0.1, -0.05) is 0 Å². The fourth-order valence-electron chi connectivity index (χ4n) is 1.41. The molecule has 0 N–H and O–H groups in total. The van der Waals surface area contributed by atoms with Gasteiger partial charge in [-0.05, 0) is 5.92 Å². The zero-order valence-electron chi connectivity index (χ0n) is 7.37. The molecular formula is C8H13NO3. The summed E-state index contributed by atoms with van der Waals surface area (Å²) in [5, 5.41) is 0. The van der Waals surface area contributed by atoms with Crippen LogP contribution in [0.2, 0.25) is 0 Å². The summed E-state index contributed by atoms with van der Waals surface area (Å²) in [4.78, 5) is 23.5. The maximum absolute atomic E-state index is 11.0. The molecule has 0 bridgehead atoms. The van der Waals surface area contributed by atoms with E-state index in [1.165, 1.54) is 7.11 Å². The van der Waals surface area contributed by atoms with Gasteiger partial charge in [0.25, 0.3) is 0 Å². The fraction of sp³-hybridized carbons (Fsp3) is 0.750. The predicted molar refractivity (Wildman–Crippen MR) is 42.4 cm³/mol. The van der Waals surface area contributed by atoms with E-state index in [1.807, 2.05) is 0 Å². The Morgan fingerprint density at radius 2 is 2.42 bits per heavy atom. The Kier molecular flexibility index (Phi) is 2.68. The molecule has 0 unspecified atom stereocenters. The van der Waals surface area contributed by atoms with Crippen molar-refractivity contribution >= 4 is 11.9 Å². The molecule has 0 radical (unpaired) electrons. The van der Waals surface area contributed by atoms with Crippen molar-refractivity contribution in [2.24, 2.45) is 5.92 Å². The summed E-state index contributed by atoms with van der Waals surface area (Å²) in [5.74, 6) is 0.0296. The van der Waals surface area contributed by atoms with Crippen LogP contribution in [0.1, 0.15) is 12.8 Å². The van der Waals surface area contributed by atoms with E-state index in [2.05, 4.69) is 4.74 Å². The van der Waals surface area contributed by atoms with E-state index in [9.17, 15) is 9.59 Å². The van der Waals surface area contributed by atoms with Gasteiger partial charge < -0.3 is 9.64 Å². The van der Waals surface area contributed by atoms with Crippen molar-refractivity contribution in [1.29, 1.82) is 0 Å². The topological polar surface area (TPSA) is 46.6 Å². The third-order valence-electron chi connectivity index (χ3n) is 2.10. The number of carbonyl (C=O) groups excluding carboxylic acids is 2. The average molecular weight is 171 g/mol. The lowest BCUT2D eigenvalue weighted by atomic mass is 10.1. The number of ether oxygens (including phenoxy) is 1. The van der Waals surface area contributed by atoms with Crippen LogP contribution in [0.15, 0.2) is 0 Å². The highest BCUT2D eigenvalue weighted by molar-refractivity contribution is 5.79. The smallest absolute Gasteiger partial charge is 0.305 e. The van der Waals surface area contributed by atoms with Crippen molar-refractivity contribution in [3.05, 3.63) is 0 Å². The van der Waals surface area contributed by atoms with Crippen molar-refractivity contribution in [2.75, 3.05) is 20.7 Å². The molecule has 1 aliphatic heterocycles. The lowest BCUT2D eigenvalue weighted by molar-refractivity contribution is -0.141. The van der Waals surface area contributed by atoms with E-state index < -0.39 is 0 Å². The maximum atomic E-state index is 11.0. The van der Waals surface area contributed by atoms with E-state index in [0.29, 0.717) is 19.4 Å². The number of amides is 1. The monoisotopic (exact) mass is 171 g/mol. The standard InChI is InChI=1S/C8H13NO3/c1-9-5-6(3-7(9)10)4-8(11)12-2/h6H,3-5H2,1-2H3/t6-/m1/s1. The molecule has 1 heterocycles. The first-order valence-electron chi connectivity index (χ1n) is 3.94. The van der Waals surface area contributed by atoms with Crippen molar-refractivity contribution in [3.8, 4) is 0 Å². The lowest BCUT2D eigenvalue weighted by Crippen LogP contribution is -2.19. The Bertz CT molecular complexity index is 202. The van der Waals surface area contributed by atoms with Gasteiger partial charge in [0.05, 0.1) is 13.5 Å². The highest BCUT2D eigenvalue weighted by Gasteiger charge is 2.28. The van der Waals surface area contributed by atoms with Crippen LogP contribution >= 0.6 is 0 Å². The second-order valence-electron chi connectivity index (χ2n) is 3.12. The number of hydrogen-bond acceptors (Lipinski definition) is 3. The average Bonchev–Trinajstić information content (AvgIpc) is 2.31. The van der Waals surface area contributed by atoms with Crippen LogP contribution in [0.4, 0.5) is 0 Å². The number of hydrogen-bond donors (Lipinski definition) is 0. The van der Waals surface area contributed by atoms with E-state index in [1.54, 1.807) is 11.9 Å². The Labute approximate surface area is 71.5 Å². The van der Waals surface area contributed by atoms with Crippen LogP contribution in [0.5, 0.6) is 0 Å². The molecule has 1 amide bonds. The number of carbonyl (C=O) groups is 2. The van der Waals surface area contributed by atoms with Gasteiger partial charge in [0.2, 0.25) is 5.91 Å². The lowest BCUT2D eigenvalue weighted by Gasteiger charge is -2.08. The third kappa shape index (κ3) is 1.96. The molecule has 0 spiro atoms. The van der Waals surface area contributed by atoms with E-state index in [0.717, 1.165) is 0 Å². The highest BCUT2D eigenvalue weighted by Crippen LogP contribution is 2.19. The predicted octanol–water partition coefficient (Wildman–Crippen LogP) is 0.0278. The quantitative estimate of drug-likeness (QED) is 0.550. The number of esters is 1. The molecule has 4 heteroatoms. The fourth-order valence-corrected chi connectivity index (χ4v) is 1.41. The first-order valence-corrected chi connectivity index (χ1v) is 3.94. The van der Waals surface area contributed by atoms with Gasteiger partial charge in [0.15, 0.2) is 0 Å². The number of likely N-dealkylation sites (tertiary alicyclic amines) is 1. The van der Waals surface area contributed by atoms with Gasteiger partial charge in [0.1, 0.15) is 0 Å². The molecule has 0 aromatic heterocycles. The van der Waals surface area contributed by atoms with Crippen LogP contribution in [0.3, 0.4) is 0 Å². The first kappa shape index (κ1) is 9.03. The Balaban J connectivity index is 2.37. The number of rotatable bonds is 2. The second kappa shape index (κ2) is 3.56. The third-order valence-corrected chi connectivity index (χ3v) is 2.10. The van der Waals surface area contributed by atoms with Crippen LogP contribution < -0.4 is 0 Å². The summed E-state index contributed by atoms with van der Waals surface area (Å²) in [6.07, 6.45) is 0.832. The van der Waals surface area contributed by atoms with E-state index >= 15 is 0 Å². The molecule has 0 aromatic rings. The Morgan fingerprint density at radius 3 is 2.83 bits per heavy atom. The molecule has 4 nitrogen and oxygen atoms in total. The first-order chi connectivity index (χ1) is 5.63. The van der Waals surface area contributed by atoms with Crippen molar-refractivity contribution in [2.45, 2.75) is 12.8 Å².